The normalized spacial score (nSPS) is 15.6. The van der Waals surface area contributed by atoms with Crippen molar-refractivity contribution in [3.8, 4) is 5.75 Å². The fourth-order valence-electron chi connectivity index (χ4n) is 2.75. The molecule has 0 bridgehead atoms. The van der Waals surface area contributed by atoms with E-state index in [0.717, 1.165) is 0 Å². The highest BCUT2D eigenvalue weighted by Gasteiger charge is 2.30. The molecule has 3 rings (SSSR count). The molecular formula is C18H18BrFN2O4S. The molecule has 1 fully saturated rings. The number of sulfonamides is 1. The van der Waals surface area contributed by atoms with Gasteiger partial charge >= 0.3 is 0 Å². The summed E-state index contributed by atoms with van der Waals surface area (Å²) in [7, 11) is -3.60. The van der Waals surface area contributed by atoms with Crippen molar-refractivity contribution in [1.82, 2.24) is 9.21 Å². The van der Waals surface area contributed by atoms with Crippen LogP contribution in [0.2, 0.25) is 0 Å². The minimum absolute atomic E-state index is 0.209. The minimum Gasteiger partial charge on any atom is -0.484 e. The van der Waals surface area contributed by atoms with Gasteiger partial charge in [0, 0.05) is 36.7 Å². The Morgan fingerprint density at radius 1 is 1.07 bits per heavy atom. The molecule has 1 amide bonds. The summed E-state index contributed by atoms with van der Waals surface area (Å²) in [5.41, 5.74) is 0. The fourth-order valence-corrected chi connectivity index (χ4v) is 4.77. The Balaban J connectivity index is 1.56. The molecule has 0 N–H and O–H groups in total. The highest BCUT2D eigenvalue weighted by Crippen LogP contribution is 2.21. The van der Waals surface area contributed by atoms with E-state index in [1.807, 2.05) is 0 Å². The first kappa shape index (κ1) is 19.8. The van der Waals surface area contributed by atoms with E-state index in [4.69, 9.17) is 4.74 Å². The van der Waals surface area contributed by atoms with E-state index in [1.165, 1.54) is 22.5 Å². The van der Waals surface area contributed by atoms with Gasteiger partial charge in [0.15, 0.2) is 6.61 Å². The molecule has 1 aliphatic heterocycles. The van der Waals surface area contributed by atoms with Crippen molar-refractivity contribution in [2.45, 2.75) is 4.90 Å². The second kappa shape index (κ2) is 8.37. The number of hydrogen-bond donors (Lipinski definition) is 0. The van der Waals surface area contributed by atoms with Crippen molar-refractivity contribution in [3.63, 3.8) is 0 Å². The number of nitrogens with zero attached hydrogens (tertiary/aromatic N) is 2. The Morgan fingerprint density at radius 3 is 2.44 bits per heavy atom. The van der Waals surface area contributed by atoms with Crippen LogP contribution in [0.15, 0.2) is 57.9 Å². The maximum Gasteiger partial charge on any atom is 0.260 e. The zero-order valence-corrected chi connectivity index (χ0v) is 16.7. The van der Waals surface area contributed by atoms with Gasteiger partial charge in [0.05, 0.1) is 4.90 Å². The van der Waals surface area contributed by atoms with Crippen LogP contribution in [0.25, 0.3) is 0 Å². The van der Waals surface area contributed by atoms with Crippen LogP contribution in [-0.2, 0) is 14.8 Å². The number of piperazine rings is 1. The number of carbonyl (C=O) groups excluding carboxylic acids is 1. The SMILES string of the molecule is O=C(COc1cccc(F)c1)N1CCN(S(=O)(=O)c2cccc(Br)c2)CC1. The molecule has 1 aliphatic rings. The number of halogens is 2. The van der Waals surface area contributed by atoms with Crippen LogP contribution in [0.4, 0.5) is 4.39 Å². The molecule has 27 heavy (non-hydrogen) atoms. The second-order valence-corrected chi connectivity index (χ2v) is 8.84. The summed E-state index contributed by atoms with van der Waals surface area (Å²) in [6.07, 6.45) is 0. The zero-order chi connectivity index (χ0) is 19.4. The fraction of sp³-hybridized carbons (Fsp3) is 0.278. The quantitative estimate of drug-likeness (QED) is 0.692. The summed E-state index contributed by atoms with van der Waals surface area (Å²) in [6.45, 7) is 0.750. The molecule has 144 valence electrons. The molecule has 0 aliphatic carbocycles. The van der Waals surface area contributed by atoms with Gasteiger partial charge in [-0.3, -0.25) is 4.79 Å². The maximum absolute atomic E-state index is 13.1. The monoisotopic (exact) mass is 456 g/mol. The number of rotatable bonds is 5. The molecule has 0 saturated carbocycles. The summed E-state index contributed by atoms with van der Waals surface area (Å²) in [5.74, 6) is -0.427. The van der Waals surface area contributed by atoms with E-state index in [1.54, 1.807) is 35.2 Å². The van der Waals surface area contributed by atoms with Crippen molar-refractivity contribution in [2.75, 3.05) is 32.8 Å². The molecule has 2 aromatic carbocycles. The molecule has 1 saturated heterocycles. The lowest BCUT2D eigenvalue weighted by Crippen LogP contribution is -2.51. The van der Waals surface area contributed by atoms with Crippen LogP contribution in [0.5, 0.6) is 5.75 Å². The second-order valence-electron chi connectivity index (χ2n) is 5.99. The molecule has 2 aromatic rings. The van der Waals surface area contributed by atoms with Gasteiger partial charge in [-0.1, -0.05) is 28.1 Å². The Morgan fingerprint density at radius 2 is 1.78 bits per heavy atom. The Kier molecular flexibility index (Phi) is 6.13. The molecule has 0 atom stereocenters. The minimum atomic E-state index is -3.60. The van der Waals surface area contributed by atoms with E-state index in [9.17, 15) is 17.6 Å². The van der Waals surface area contributed by atoms with Gasteiger partial charge in [-0.2, -0.15) is 4.31 Å². The Labute approximate surface area is 165 Å². The molecule has 9 heteroatoms. The molecule has 0 aromatic heterocycles. The lowest BCUT2D eigenvalue weighted by Gasteiger charge is -2.34. The molecule has 1 heterocycles. The first-order valence-electron chi connectivity index (χ1n) is 8.28. The van der Waals surface area contributed by atoms with Gasteiger partial charge in [0.2, 0.25) is 10.0 Å². The smallest absolute Gasteiger partial charge is 0.260 e. The number of ether oxygens (including phenoxy) is 1. The summed E-state index contributed by atoms with van der Waals surface area (Å²) >= 11 is 3.27. The molecule has 0 unspecified atom stereocenters. The summed E-state index contributed by atoms with van der Waals surface area (Å²) in [4.78, 5) is 14.0. The maximum atomic E-state index is 13.1. The largest absolute Gasteiger partial charge is 0.484 e. The summed E-state index contributed by atoms with van der Waals surface area (Å²) in [5, 5.41) is 0. The van der Waals surface area contributed by atoms with E-state index in [0.29, 0.717) is 4.47 Å². The van der Waals surface area contributed by atoms with Crippen LogP contribution in [0.3, 0.4) is 0 Å². The van der Waals surface area contributed by atoms with Crippen LogP contribution < -0.4 is 4.74 Å². The highest BCUT2D eigenvalue weighted by atomic mass is 79.9. The number of amides is 1. The van der Waals surface area contributed by atoms with E-state index >= 15 is 0 Å². The van der Waals surface area contributed by atoms with E-state index < -0.39 is 15.8 Å². The van der Waals surface area contributed by atoms with Crippen LogP contribution >= 0.6 is 15.9 Å². The first-order valence-corrected chi connectivity index (χ1v) is 10.5. The highest BCUT2D eigenvalue weighted by molar-refractivity contribution is 9.10. The topological polar surface area (TPSA) is 66.9 Å². The van der Waals surface area contributed by atoms with Crippen LogP contribution in [0, 0.1) is 5.82 Å². The van der Waals surface area contributed by atoms with Crippen molar-refractivity contribution in [3.05, 3.63) is 58.8 Å². The van der Waals surface area contributed by atoms with Crippen LogP contribution in [-0.4, -0.2) is 56.3 Å². The van der Waals surface area contributed by atoms with Crippen molar-refractivity contribution in [2.24, 2.45) is 0 Å². The molecule has 0 radical (unpaired) electrons. The predicted molar refractivity (Wildman–Crippen MR) is 101 cm³/mol. The van der Waals surface area contributed by atoms with Gasteiger partial charge in [-0.05, 0) is 30.3 Å². The number of benzene rings is 2. The average molecular weight is 457 g/mol. The Bertz CT molecular complexity index is 930. The van der Waals surface area contributed by atoms with E-state index in [-0.39, 0.29) is 49.3 Å². The van der Waals surface area contributed by atoms with Gasteiger partial charge in [-0.25, -0.2) is 12.8 Å². The van der Waals surface area contributed by atoms with E-state index in [2.05, 4.69) is 15.9 Å². The van der Waals surface area contributed by atoms with Gasteiger partial charge in [0.25, 0.3) is 5.91 Å². The lowest BCUT2D eigenvalue weighted by molar-refractivity contribution is -0.134. The van der Waals surface area contributed by atoms with Gasteiger partial charge in [0.1, 0.15) is 11.6 Å². The molecule has 6 nitrogen and oxygen atoms in total. The summed E-state index contributed by atoms with van der Waals surface area (Å²) in [6, 6.07) is 12.1. The lowest BCUT2D eigenvalue weighted by atomic mass is 10.3. The number of carbonyl (C=O) groups is 1. The van der Waals surface area contributed by atoms with Crippen molar-refractivity contribution in [1.29, 1.82) is 0 Å². The van der Waals surface area contributed by atoms with Gasteiger partial charge in [-0.15, -0.1) is 0 Å². The third-order valence-corrected chi connectivity index (χ3v) is 6.57. The third kappa shape index (κ3) is 4.85. The molecule has 0 spiro atoms. The zero-order valence-electron chi connectivity index (χ0n) is 14.3. The number of hydrogen-bond acceptors (Lipinski definition) is 4. The average Bonchev–Trinajstić information content (AvgIpc) is 2.66. The Hall–Kier alpha value is -1.97. The van der Waals surface area contributed by atoms with Crippen molar-refractivity contribution >= 4 is 31.9 Å². The predicted octanol–water partition coefficient (Wildman–Crippen LogP) is 2.50. The molecular weight excluding hydrogens is 439 g/mol. The van der Waals surface area contributed by atoms with Crippen LogP contribution in [0.1, 0.15) is 0 Å². The van der Waals surface area contributed by atoms with Crippen molar-refractivity contribution < 1.29 is 22.3 Å². The first-order chi connectivity index (χ1) is 12.9. The summed E-state index contributed by atoms with van der Waals surface area (Å²) < 4.78 is 45.9. The standard InChI is InChI=1S/C18H18BrFN2O4S/c19-14-3-1-6-17(11-14)27(24,25)22-9-7-21(8-10-22)18(23)13-26-16-5-2-4-15(20)12-16/h1-6,11-12H,7-10,13H2. The third-order valence-electron chi connectivity index (χ3n) is 4.18. The van der Waals surface area contributed by atoms with Gasteiger partial charge < -0.3 is 9.64 Å².